The molecular formula is C32H29F3N2O4. The number of aromatic nitrogens is 2. The van der Waals surface area contributed by atoms with E-state index in [2.05, 4.69) is 59.7 Å². The summed E-state index contributed by atoms with van der Waals surface area (Å²) in [5.74, 6) is -2.59. The second-order valence-corrected chi connectivity index (χ2v) is 10.8. The summed E-state index contributed by atoms with van der Waals surface area (Å²) in [6.45, 7) is 6.49. The number of benzene rings is 3. The van der Waals surface area contributed by atoms with Gasteiger partial charge in [0, 0.05) is 35.5 Å². The number of nitrogens with zero attached hydrogens (tertiary/aromatic N) is 2. The molecule has 1 heterocycles. The van der Waals surface area contributed by atoms with Crippen LogP contribution in [0.5, 0.6) is 5.75 Å². The van der Waals surface area contributed by atoms with Crippen LogP contribution in [0.3, 0.4) is 0 Å². The number of alkyl halides is 3. The van der Waals surface area contributed by atoms with Crippen molar-refractivity contribution >= 4 is 11.8 Å². The van der Waals surface area contributed by atoms with Crippen LogP contribution in [0.1, 0.15) is 48.7 Å². The fourth-order valence-electron chi connectivity index (χ4n) is 4.29. The van der Waals surface area contributed by atoms with E-state index in [1.54, 1.807) is 36.7 Å². The number of carbonyl (C=O) groups is 2. The van der Waals surface area contributed by atoms with Gasteiger partial charge in [-0.25, -0.2) is 9.97 Å². The van der Waals surface area contributed by atoms with Crippen molar-refractivity contribution in [1.29, 1.82) is 0 Å². The molecule has 0 saturated heterocycles. The molecule has 0 radical (unpaired) electrons. The maximum absolute atomic E-state index is 12.6. The van der Waals surface area contributed by atoms with Crippen molar-refractivity contribution in [3.8, 4) is 28.3 Å². The zero-order valence-corrected chi connectivity index (χ0v) is 22.8. The van der Waals surface area contributed by atoms with Crippen LogP contribution in [-0.4, -0.2) is 33.2 Å². The molecule has 1 N–H and O–H groups in total. The lowest BCUT2D eigenvalue weighted by Crippen LogP contribution is -2.20. The molecule has 1 aromatic heterocycles. The van der Waals surface area contributed by atoms with E-state index in [4.69, 9.17) is 0 Å². The molecule has 0 amide bonds. The van der Waals surface area contributed by atoms with Gasteiger partial charge in [0.05, 0.1) is 5.92 Å². The van der Waals surface area contributed by atoms with Gasteiger partial charge in [0.2, 0.25) is 0 Å². The van der Waals surface area contributed by atoms with Gasteiger partial charge < -0.3 is 9.84 Å². The van der Waals surface area contributed by atoms with Crippen LogP contribution in [0.4, 0.5) is 13.2 Å². The van der Waals surface area contributed by atoms with Crippen LogP contribution in [0.25, 0.3) is 22.5 Å². The zero-order chi connectivity index (χ0) is 29.8. The van der Waals surface area contributed by atoms with Gasteiger partial charge in [-0.1, -0.05) is 69.3 Å². The molecule has 3 aromatic carbocycles. The Kier molecular flexibility index (Phi) is 8.56. The molecule has 0 spiro atoms. The number of carboxylic acids is 1. The van der Waals surface area contributed by atoms with Crippen LogP contribution in [0.2, 0.25) is 0 Å². The van der Waals surface area contributed by atoms with E-state index >= 15 is 0 Å². The number of aliphatic carboxylic acids is 1. The molecule has 0 saturated carbocycles. The van der Waals surface area contributed by atoms with Gasteiger partial charge in [-0.15, -0.1) is 13.2 Å². The quantitative estimate of drug-likeness (QED) is 0.212. The molecule has 0 bridgehead atoms. The number of ketones is 1. The minimum Gasteiger partial charge on any atom is -0.481 e. The Labute approximate surface area is 235 Å². The average Bonchev–Trinajstić information content (AvgIpc) is 2.92. The van der Waals surface area contributed by atoms with Crippen molar-refractivity contribution in [3.63, 3.8) is 0 Å². The summed E-state index contributed by atoms with van der Waals surface area (Å²) in [6, 6.07) is 19.8. The Balaban J connectivity index is 1.39. The summed E-state index contributed by atoms with van der Waals surface area (Å²) >= 11 is 0. The van der Waals surface area contributed by atoms with E-state index in [1.165, 1.54) is 17.7 Å². The highest BCUT2D eigenvalue weighted by Crippen LogP contribution is 2.27. The topological polar surface area (TPSA) is 89.4 Å². The third-order valence-electron chi connectivity index (χ3n) is 6.62. The second-order valence-electron chi connectivity index (χ2n) is 10.8. The standard InChI is InChI=1S/C32H29F3N2O4/c1-31(2,3)26-12-8-21(9-13-26)25-18-36-29(37-19-25)23-6-4-20(5-7-23)16-24(30(39)40)17-28(38)22-10-14-27(15-11-22)41-32(33,34)35/h4-15,18-19,24H,16-17H2,1-3H3,(H,39,40)/t24-/m1/s1. The van der Waals surface area contributed by atoms with Gasteiger partial charge >= 0.3 is 12.3 Å². The Morgan fingerprint density at radius 2 is 1.37 bits per heavy atom. The first-order valence-electron chi connectivity index (χ1n) is 12.9. The molecular weight excluding hydrogens is 533 g/mol. The number of halogens is 3. The van der Waals surface area contributed by atoms with Crippen molar-refractivity contribution in [3.05, 3.63) is 102 Å². The molecule has 0 unspecified atom stereocenters. The van der Waals surface area contributed by atoms with E-state index in [0.717, 1.165) is 28.8 Å². The van der Waals surface area contributed by atoms with E-state index in [9.17, 15) is 27.9 Å². The number of carboxylic acid groups (broad SMARTS) is 1. The minimum absolute atomic E-state index is 0.0651. The molecule has 0 aliphatic rings. The van der Waals surface area contributed by atoms with E-state index in [1.807, 2.05) is 0 Å². The summed E-state index contributed by atoms with van der Waals surface area (Å²) < 4.78 is 40.9. The molecule has 212 valence electrons. The van der Waals surface area contributed by atoms with Crippen LogP contribution in [-0.2, 0) is 16.6 Å². The van der Waals surface area contributed by atoms with Crippen molar-refractivity contribution in [2.45, 2.75) is 45.4 Å². The van der Waals surface area contributed by atoms with E-state index in [-0.39, 0.29) is 23.8 Å². The lowest BCUT2D eigenvalue weighted by atomic mass is 9.86. The average molecular weight is 563 g/mol. The predicted octanol–water partition coefficient (Wildman–Crippen LogP) is 7.52. The van der Waals surface area contributed by atoms with Gasteiger partial charge in [-0.05, 0) is 52.8 Å². The van der Waals surface area contributed by atoms with Gasteiger partial charge in [0.25, 0.3) is 0 Å². The van der Waals surface area contributed by atoms with Crippen molar-refractivity contribution in [2.75, 3.05) is 0 Å². The first-order chi connectivity index (χ1) is 19.3. The smallest absolute Gasteiger partial charge is 0.481 e. The molecule has 4 rings (SSSR count). The summed E-state index contributed by atoms with van der Waals surface area (Å²) in [7, 11) is 0. The molecule has 0 aliphatic heterocycles. The van der Waals surface area contributed by atoms with Crippen molar-refractivity contribution < 1.29 is 32.6 Å². The minimum atomic E-state index is -4.84. The lowest BCUT2D eigenvalue weighted by Gasteiger charge is -2.19. The third-order valence-corrected chi connectivity index (χ3v) is 6.62. The van der Waals surface area contributed by atoms with Crippen LogP contribution < -0.4 is 4.74 Å². The first kappa shape index (κ1) is 29.5. The van der Waals surface area contributed by atoms with Crippen molar-refractivity contribution in [1.82, 2.24) is 9.97 Å². The molecule has 9 heteroatoms. The highest BCUT2D eigenvalue weighted by atomic mass is 19.4. The van der Waals surface area contributed by atoms with Gasteiger partial charge in [0.1, 0.15) is 5.75 Å². The van der Waals surface area contributed by atoms with E-state index < -0.39 is 29.8 Å². The number of hydrogen-bond acceptors (Lipinski definition) is 5. The number of rotatable bonds is 9. The molecule has 0 fully saturated rings. The Hall–Kier alpha value is -4.53. The molecule has 0 aliphatic carbocycles. The molecule has 6 nitrogen and oxygen atoms in total. The van der Waals surface area contributed by atoms with Gasteiger partial charge in [0.15, 0.2) is 11.6 Å². The predicted molar refractivity (Wildman–Crippen MR) is 149 cm³/mol. The zero-order valence-electron chi connectivity index (χ0n) is 22.8. The molecule has 4 aromatic rings. The second kappa shape index (κ2) is 11.9. The summed E-state index contributed by atoms with van der Waals surface area (Å²) in [4.78, 5) is 33.5. The number of carbonyl (C=O) groups excluding carboxylic acids is 1. The highest BCUT2D eigenvalue weighted by molar-refractivity contribution is 5.98. The Bertz CT molecular complexity index is 1490. The third kappa shape index (κ3) is 8.00. The normalized spacial score (nSPS) is 12.5. The van der Waals surface area contributed by atoms with Crippen LogP contribution >= 0.6 is 0 Å². The first-order valence-corrected chi connectivity index (χ1v) is 12.9. The maximum atomic E-state index is 12.6. The maximum Gasteiger partial charge on any atom is 0.573 e. The van der Waals surface area contributed by atoms with Gasteiger partial charge in [-0.2, -0.15) is 0 Å². The highest BCUT2D eigenvalue weighted by Gasteiger charge is 2.31. The van der Waals surface area contributed by atoms with Gasteiger partial charge in [-0.3, -0.25) is 9.59 Å². The Morgan fingerprint density at radius 1 is 0.805 bits per heavy atom. The summed E-state index contributed by atoms with van der Waals surface area (Å²) in [6.07, 6.45) is -1.53. The fourth-order valence-corrected chi connectivity index (χ4v) is 4.29. The van der Waals surface area contributed by atoms with E-state index in [0.29, 0.717) is 11.4 Å². The van der Waals surface area contributed by atoms with Crippen molar-refractivity contribution in [2.24, 2.45) is 5.92 Å². The molecule has 1 atom stereocenters. The number of hydrogen-bond donors (Lipinski definition) is 1. The number of Topliss-reactive ketones (excluding diaryl/α,β-unsaturated/α-hetero) is 1. The fraction of sp³-hybridized carbons (Fsp3) is 0.250. The largest absolute Gasteiger partial charge is 0.573 e. The van der Waals surface area contributed by atoms with Crippen LogP contribution in [0.15, 0.2) is 85.2 Å². The summed E-state index contributed by atoms with van der Waals surface area (Å²) in [5.41, 5.74) is 4.78. The number of ether oxygens (including phenoxy) is 1. The molecule has 41 heavy (non-hydrogen) atoms. The monoisotopic (exact) mass is 562 g/mol. The Morgan fingerprint density at radius 3 is 1.88 bits per heavy atom. The SMILES string of the molecule is CC(C)(C)c1ccc(-c2cnc(-c3ccc(C[C@H](CC(=O)c4ccc(OC(F)(F)F)cc4)C(=O)O)cc3)nc2)cc1. The summed E-state index contributed by atoms with van der Waals surface area (Å²) in [5, 5.41) is 9.69. The lowest BCUT2D eigenvalue weighted by molar-refractivity contribution is -0.274. The van der Waals surface area contributed by atoms with Crippen LogP contribution in [0, 0.1) is 5.92 Å².